The Kier molecular flexibility index (Phi) is 10.2. The summed E-state index contributed by atoms with van der Waals surface area (Å²) in [5, 5.41) is 14.2. The minimum absolute atomic E-state index is 0.216. The molecule has 2 aromatic rings. The Balaban J connectivity index is 0.000000317. The number of aromatic nitrogens is 3. The zero-order valence-corrected chi connectivity index (χ0v) is 20.7. The number of likely N-dealkylation sites (tertiary alicyclic amines) is 1. The Bertz CT molecular complexity index is 1140. The van der Waals surface area contributed by atoms with Gasteiger partial charge in [0.2, 0.25) is 11.9 Å². The van der Waals surface area contributed by atoms with Gasteiger partial charge in [-0.05, 0) is 44.4 Å². The Labute approximate surface area is 218 Å². The van der Waals surface area contributed by atoms with E-state index >= 15 is 0 Å². The molecule has 0 unspecified atom stereocenters. The van der Waals surface area contributed by atoms with Crippen LogP contribution < -0.4 is 4.90 Å². The molecule has 0 radical (unpaired) electrons. The summed E-state index contributed by atoms with van der Waals surface area (Å²) < 4.78 is 63.5. The highest BCUT2D eigenvalue weighted by atomic mass is 19.4. The molecule has 0 spiro atoms. The summed E-state index contributed by atoms with van der Waals surface area (Å²) in [6.45, 7) is 5.45. The van der Waals surface area contributed by atoms with E-state index in [0.717, 1.165) is 42.3 Å². The lowest BCUT2D eigenvalue weighted by Gasteiger charge is -2.39. The molecule has 0 bridgehead atoms. The topological polar surface area (TPSA) is 137 Å². The van der Waals surface area contributed by atoms with Crippen LogP contribution in [0.15, 0.2) is 30.6 Å². The van der Waals surface area contributed by atoms with Gasteiger partial charge in [0, 0.05) is 31.1 Å². The van der Waals surface area contributed by atoms with Crippen LogP contribution >= 0.6 is 0 Å². The number of carbonyl (C=O) groups excluding carboxylic acids is 1. The molecule has 2 aromatic heterocycles. The number of alkyl halides is 6. The van der Waals surface area contributed by atoms with Gasteiger partial charge >= 0.3 is 24.3 Å². The molecule has 0 aliphatic carbocycles. The highest BCUT2D eigenvalue weighted by Crippen LogP contribution is 2.34. The lowest BCUT2D eigenvalue weighted by atomic mass is 9.96. The van der Waals surface area contributed by atoms with Crippen molar-refractivity contribution < 1.29 is 50.9 Å². The van der Waals surface area contributed by atoms with Crippen molar-refractivity contribution in [2.45, 2.75) is 64.1 Å². The number of anilines is 1. The molecule has 2 atom stereocenters. The fourth-order valence-corrected chi connectivity index (χ4v) is 4.00. The van der Waals surface area contributed by atoms with Crippen LogP contribution in [-0.4, -0.2) is 78.9 Å². The Morgan fingerprint density at radius 1 is 0.949 bits per heavy atom. The number of aryl methyl sites for hydroxylation is 2. The molecule has 4 heterocycles. The standard InChI is InChI=1S/C19H23N5O.2C2HF3O2/c1-13-10-20-19(21-11-13)23-9-8-17-16(23)6-7-18(25)24(17)12-15-5-3-4-14(2)22-15;2*3-2(4,5)1(6)7/h3-5,10-11,16-17H,6-9,12H2,1-2H3;2*(H,6,7)/t16-,17-;;/m0../s1. The SMILES string of the molecule is Cc1cnc(N2CC[C@H]3[C@@H]2CCC(=O)N3Cc2cccc(C)n2)nc1.O=C(O)C(F)(F)F.O=C(O)C(F)(F)F. The highest BCUT2D eigenvalue weighted by Gasteiger charge is 2.44. The average Bonchev–Trinajstić information content (AvgIpc) is 3.25. The molecular weight excluding hydrogens is 540 g/mol. The first-order chi connectivity index (χ1) is 18.0. The summed E-state index contributed by atoms with van der Waals surface area (Å²) in [6, 6.07) is 6.50. The van der Waals surface area contributed by atoms with Crippen molar-refractivity contribution in [2.24, 2.45) is 0 Å². The zero-order chi connectivity index (χ0) is 29.5. The number of amides is 1. The highest BCUT2D eigenvalue weighted by molar-refractivity contribution is 5.78. The van der Waals surface area contributed by atoms with Gasteiger partial charge in [-0.2, -0.15) is 26.3 Å². The summed E-state index contributed by atoms with van der Waals surface area (Å²) in [5.41, 5.74) is 3.00. The fraction of sp³-hybridized carbons (Fsp3) is 0.478. The minimum Gasteiger partial charge on any atom is -0.475 e. The molecule has 2 saturated heterocycles. The number of hydrogen-bond acceptors (Lipinski definition) is 7. The first-order valence-corrected chi connectivity index (χ1v) is 11.4. The monoisotopic (exact) mass is 565 g/mol. The normalized spacial score (nSPS) is 18.8. The van der Waals surface area contributed by atoms with E-state index in [9.17, 15) is 31.1 Å². The second-order valence-electron chi connectivity index (χ2n) is 8.61. The largest absolute Gasteiger partial charge is 0.490 e. The predicted octanol–water partition coefficient (Wildman–Crippen LogP) is 3.52. The number of carbonyl (C=O) groups is 3. The Morgan fingerprint density at radius 3 is 1.97 bits per heavy atom. The number of carboxylic acids is 2. The number of carboxylic acid groups (broad SMARTS) is 2. The third-order valence-corrected chi connectivity index (χ3v) is 5.67. The van der Waals surface area contributed by atoms with Crippen LogP contribution in [0.25, 0.3) is 0 Å². The van der Waals surface area contributed by atoms with Crippen LogP contribution in [0.3, 0.4) is 0 Å². The summed E-state index contributed by atoms with van der Waals surface area (Å²) in [7, 11) is 0. The maximum Gasteiger partial charge on any atom is 0.490 e. The van der Waals surface area contributed by atoms with E-state index in [2.05, 4.69) is 19.9 Å². The molecule has 0 aromatic carbocycles. The lowest BCUT2D eigenvalue weighted by Crippen LogP contribution is -2.52. The van der Waals surface area contributed by atoms with E-state index in [0.29, 0.717) is 19.0 Å². The van der Waals surface area contributed by atoms with Crippen molar-refractivity contribution in [3.8, 4) is 0 Å². The molecule has 1 amide bonds. The van der Waals surface area contributed by atoms with Crippen molar-refractivity contribution in [2.75, 3.05) is 11.4 Å². The van der Waals surface area contributed by atoms with Crippen molar-refractivity contribution in [3.63, 3.8) is 0 Å². The van der Waals surface area contributed by atoms with Crippen LogP contribution in [0.2, 0.25) is 0 Å². The summed E-state index contributed by atoms with van der Waals surface area (Å²) in [5.74, 6) is -4.50. The van der Waals surface area contributed by atoms with Crippen LogP contribution in [0.1, 0.15) is 36.2 Å². The first kappa shape index (κ1) is 31.2. The molecule has 4 rings (SSSR count). The van der Waals surface area contributed by atoms with E-state index in [4.69, 9.17) is 19.8 Å². The number of aliphatic carboxylic acids is 2. The van der Waals surface area contributed by atoms with Crippen LogP contribution in [-0.2, 0) is 20.9 Å². The molecule has 16 heteroatoms. The third kappa shape index (κ3) is 9.07. The Morgan fingerprint density at radius 2 is 1.49 bits per heavy atom. The van der Waals surface area contributed by atoms with E-state index in [1.165, 1.54) is 0 Å². The molecule has 2 fully saturated rings. The molecule has 39 heavy (non-hydrogen) atoms. The molecule has 10 nitrogen and oxygen atoms in total. The first-order valence-electron chi connectivity index (χ1n) is 11.4. The predicted molar refractivity (Wildman–Crippen MR) is 122 cm³/mol. The van der Waals surface area contributed by atoms with Crippen LogP contribution in [0, 0.1) is 13.8 Å². The zero-order valence-electron chi connectivity index (χ0n) is 20.7. The summed E-state index contributed by atoms with van der Waals surface area (Å²) in [6.07, 6.45) is -4.04. The number of nitrogens with zero attached hydrogens (tertiary/aromatic N) is 5. The smallest absolute Gasteiger partial charge is 0.475 e. The quantitative estimate of drug-likeness (QED) is 0.536. The van der Waals surface area contributed by atoms with Crippen molar-refractivity contribution in [3.05, 3.63) is 47.5 Å². The van der Waals surface area contributed by atoms with Gasteiger partial charge in [0.1, 0.15) is 0 Å². The third-order valence-electron chi connectivity index (χ3n) is 5.67. The molecule has 2 aliphatic heterocycles. The van der Waals surface area contributed by atoms with Crippen LogP contribution in [0.5, 0.6) is 0 Å². The maximum atomic E-state index is 12.6. The van der Waals surface area contributed by atoms with E-state index in [1.807, 2.05) is 49.3 Å². The number of pyridine rings is 1. The second-order valence-corrected chi connectivity index (χ2v) is 8.61. The second kappa shape index (κ2) is 12.7. The number of fused-ring (bicyclic) bond motifs is 1. The van der Waals surface area contributed by atoms with Gasteiger partial charge in [-0.3, -0.25) is 9.78 Å². The van der Waals surface area contributed by atoms with Crippen molar-refractivity contribution in [1.82, 2.24) is 19.9 Å². The van der Waals surface area contributed by atoms with E-state index < -0.39 is 24.3 Å². The van der Waals surface area contributed by atoms with E-state index in [1.54, 1.807) is 0 Å². The van der Waals surface area contributed by atoms with Crippen LogP contribution in [0.4, 0.5) is 32.3 Å². The van der Waals surface area contributed by atoms with Gasteiger partial charge in [0.25, 0.3) is 0 Å². The fourth-order valence-electron chi connectivity index (χ4n) is 4.00. The molecule has 2 aliphatic rings. The van der Waals surface area contributed by atoms with E-state index in [-0.39, 0.29) is 11.9 Å². The number of rotatable bonds is 3. The van der Waals surface area contributed by atoms with Crippen molar-refractivity contribution >= 4 is 23.8 Å². The summed E-state index contributed by atoms with van der Waals surface area (Å²) in [4.78, 5) is 48.2. The van der Waals surface area contributed by atoms with Gasteiger partial charge < -0.3 is 20.0 Å². The lowest BCUT2D eigenvalue weighted by molar-refractivity contribution is -0.193. The van der Waals surface area contributed by atoms with Gasteiger partial charge in [-0.15, -0.1) is 0 Å². The molecule has 0 saturated carbocycles. The molecular formula is C23H25F6N5O5. The van der Waals surface area contributed by atoms with Gasteiger partial charge in [-0.1, -0.05) is 6.07 Å². The molecule has 2 N–H and O–H groups in total. The average molecular weight is 565 g/mol. The number of hydrogen-bond donors (Lipinski definition) is 2. The van der Waals surface area contributed by atoms with Gasteiger partial charge in [0.05, 0.1) is 24.3 Å². The van der Waals surface area contributed by atoms with Gasteiger partial charge in [-0.25, -0.2) is 19.6 Å². The molecule has 214 valence electrons. The number of piperidine rings is 1. The number of halogens is 6. The van der Waals surface area contributed by atoms with Gasteiger partial charge in [0.15, 0.2) is 0 Å². The summed E-state index contributed by atoms with van der Waals surface area (Å²) >= 11 is 0. The Hall–Kier alpha value is -3.98. The minimum atomic E-state index is -5.08. The van der Waals surface area contributed by atoms with Crippen molar-refractivity contribution in [1.29, 1.82) is 0 Å². The maximum absolute atomic E-state index is 12.6.